The Bertz CT molecular complexity index is 1470. The summed E-state index contributed by atoms with van der Waals surface area (Å²) in [5, 5.41) is 9.65. The average Bonchev–Trinajstić information content (AvgIpc) is 3.09. The summed E-state index contributed by atoms with van der Waals surface area (Å²) in [5.41, 5.74) is 4.64. The molecule has 0 aliphatic heterocycles. The van der Waals surface area contributed by atoms with E-state index in [1.807, 2.05) is 42.6 Å². The van der Waals surface area contributed by atoms with E-state index in [1.54, 1.807) is 0 Å². The van der Waals surface area contributed by atoms with E-state index in [0.717, 1.165) is 16.8 Å². The van der Waals surface area contributed by atoms with Crippen LogP contribution in [0.4, 0.5) is 0 Å². The van der Waals surface area contributed by atoms with Crippen molar-refractivity contribution in [3.63, 3.8) is 0 Å². The van der Waals surface area contributed by atoms with E-state index in [4.69, 9.17) is 13.8 Å². The van der Waals surface area contributed by atoms with Crippen LogP contribution in [-0.2, 0) is 22.1 Å². The Morgan fingerprint density at radius 1 is 0.647 bits per heavy atom. The fourth-order valence-electron chi connectivity index (χ4n) is 5.56. The van der Waals surface area contributed by atoms with Crippen molar-refractivity contribution < 1.29 is 8.85 Å². The number of nitrogens with zero attached hydrogens (tertiary/aromatic N) is 3. The molecule has 0 bridgehead atoms. The molecule has 51 heavy (non-hydrogen) atoms. The molecule has 5 nitrogen and oxygen atoms in total. The molecule has 0 atom stereocenters. The van der Waals surface area contributed by atoms with Crippen LogP contribution in [0.25, 0.3) is 11.3 Å². The molecule has 3 rings (SSSR count). The predicted octanol–water partition coefficient (Wildman–Crippen LogP) is 12.8. The maximum atomic E-state index is 9.19. The first-order valence-corrected chi connectivity index (χ1v) is 32.8. The Balaban J connectivity index is 0.000000360. The fourth-order valence-corrected chi connectivity index (χ4v) is 22.9. The van der Waals surface area contributed by atoms with Gasteiger partial charge in [0.1, 0.15) is 0 Å². The van der Waals surface area contributed by atoms with Gasteiger partial charge in [-0.2, -0.15) is 5.26 Å². The third-order valence-corrected chi connectivity index (χ3v) is 35.5. The molecule has 3 aromatic rings. The SMILES string of the molecule is CC(C)(C)[Si](C)(C)OCc1ccc(-c2ccccc2C#N)nc1.CCC[CH2][Sn]([CH2]CCC)([CH2]CCC)[c]1ccc(CO[Si](C)(C)C(C)(C)C)cn1. The molecule has 1 aromatic carbocycles. The topological polar surface area (TPSA) is 68.0 Å². The van der Waals surface area contributed by atoms with Crippen LogP contribution in [0.3, 0.4) is 0 Å². The Hall–Kier alpha value is -1.84. The summed E-state index contributed by atoms with van der Waals surface area (Å²) in [7, 11) is -3.46. The number of unbranched alkanes of at least 4 members (excludes halogenated alkanes) is 3. The maximum absolute atomic E-state index is 9.19. The molecule has 8 heteroatoms. The second-order valence-electron chi connectivity index (χ2n) is 17.4. The molecular formula is C43H71N3O2Si2Sn. The zero-order valence-corrected chi connectivity index (χ0v) is 39.6. The van der Waals surface area contributed by atoms with Gasteiger partial charge in [-0.1, -0.05) is 45.0 Å². The number of nitriles is 1. The summed E-state index contributed by atoms with van der Waals surface area (Å²) in [6, 6.07) is 18.5. The van der Waals surface area contributed by atoms with E-state index < -0.39 is 35.0 Å². The van der Waals surface area contributed by atoms with Crippen LogP contribution in [0.15, 0.2) is 60.9 Å². The average molecular weight is 837 g/mol. The van der Waals surface area contributed by atoms with Gasteiger partial charge in [-0.25, -0.2) is 0 Å². The molecule has 2 aromatic heterocycles. The Morgan fingerprint density at radius 3 is 1.47 bits per heavy atom. The van der Waals surface area contributed by atoms with Crippen molar-refractivity contribution in [1.82, 2.24) is 9.97 Å². The van der Waals surface area contributed by atoms with E-state index in [-0.39, 0.29) is 10.1 Å². The molecule has 0 aliphatic carbocycles. The van der Waals surface area contributed by atoms with Crippen LogP contribution < -0.4 is 3.71 Å². The predicted molar refractivity (Wildman–Crippen MR) is 227 cm³/mol. The number of hydrogen-bond donors (Lipinski definition) is 0. The molecule has 0 spiro atoms. The third kappa shape index (κ3) is 13.8. The zero-order chi connectivity index (χ0) is 38.3. The number of rotatable bonds is 17. The number of aromatic nitrogens is 2. The summed E-state index contributed by atoms with van der Waals surface area (Å²) in [5.74, 6) is 0. The second kappa shape index (κ2) is 20.6. The molecule has 0 amide bonds. The van der Waals surface area contributed by atoms with E-state index in [0.29, 0.717) is 18.8 Å². The Labute approximate surface area is 319 Å². The van der Waals surface area contributed by atoms with Gasteiger partial charge >= 0.3 is 182 Å². The third-order valence-electron chi connectivity index (χ3n) is 11.4. The first-order chi connectivity index (χ1) is 23.9. The van der Waals surface area contributed by atoms with E-state index in [1.165, 1.54) is 61.1 Å². The van der Waals surface area contributed by atoms with Gasteiger partial charge in [0.15, 0.2) is 8.32 Å². The minimum atomic E-state index is -2.39. The van der Waals surface area contributed by atoms with Gasteiger partial charge in [0.05, 0.1) is 23.9 Å². The van der Waals surface area contributed by atoms with Gasteiger partial charge < -0.3 is 4.43 Å². The first kappa shape index (κ1) is 45.3. The minimum absolute atomic E-state index is 0.201. The Kier molecular flexibility index (Phi) is 18.3. The molecule has 0 saturated carbocycles. The van der Waals surface area contributed by atoms with Crippen molar-refractivity contribution in [2.75, 3.05) is 0 Å². The van der Waals surface area contributed by atoms with Crippen LogP contribution >= 0.6 is 0 Å². The normalized spacial score (nSPS) is 12.6. The van der Waals surface area contributed by atoms with Gasteiger partial charge in [0.2, 0.25) is 0 Å². The molecule has 0 N–H and O–H groups in total. The van der Waals surface area contributed by atoms with Crippen molar-refractivity contribution in [3.05, 3.63) is 77.6 Å². The molecule has 282 valence electrons. The zero-order valence-electron chi connectivity index (χ0n) is 34.7. The summed E-state index contributed by atoms with van der Waals surface area (Å²) in [6.07, 6.45) is 12.1. The van der Waals surface area contributed by atoms with Crippen molar-refractivity contribution in [3.8, 4) is 17.3 Å². The molecule has 0 saturated heterocycles. The molecule has 0 radical (unpaired) electrons. The number of benzene rings is 1. The second-order valence-corrected chi connectivity index (χ2v) is 40.1. The summed E-state index contributed by atoms with van der Waals surface area (Å²) >= 11 is -2.39. The van der Waals surface area contributed by atoms with Crippen molar-refractivity contribution >= 4 is 38.7 Å². The monoisotopic (exact) mass is 837 g/mol. The number of hydrogen-bond acceptors (Lipinski definition) is 5. The number of pyridine rings is 2. The van der Waals surface area contributed by atoms with Crippen LogP contribution in [0.5, 0.6) is 0 Å². The quantitative estimate of drug-likeness (QED) is 0.127. The fraction of sp³-hybridized carbons (Fsp3) is 0.605. The molecule has 0 fully saturated rings. The van der Waals surface area contributed by atoms with E-state index >= 15 is 0 Å². The first-order valence-electron chi connectivity index (χ1n) is 19.5. The van der Waals surface area contributed by atoms with Crippen LogP contribution in [-0.4, -0.2) is 45.0 Å². The van der Waals surface area contributed by atoms with Crippen LogP contribution in [0.1, 0.15) is 118 Å². The molecule has 0 unspecified atom stereocenters. The van der Waals surface area contributed by atoms with Crippen molar-refractivity contribution in [2.24, 2.45) is 0 Å². The van der Waals surface area contributed by atoms with Gasteiger partial charge in [0.25, 0.3) is 0 Å². The molecule has 2 heterocycles. The summed E-state index contributed by atoms with van der Waals surface area (Å²) in [4.78, 5) is 9.61. The standard InChI is InChI=1S/C19H24N2OSi.C12H20NOSi.3C4H9.Sn/c1-19(2,3)23(4,5)22-14-15-10-11-18(21-13-15)17-9-7-6-8-16(17)12-20;1-12(2,3)15(4,5)14-10-11-7-6-8-13-9-11;3*1-3-4-2;/h6-11,13H,14H2,1-5H3;6-7,9H,10H2,1-5H3;3*1,3-4H2,2H3;. The van der Waals surface area contributed by atoms with Gasteiger partial charge in [-0.3, -0.25) is 4.98 Å². The summed E-state index contributed by atoms with van der Waals surface area (Å²) < 4.78 is 18.6. The molecular weight excluding hydrogens is 765 g/mol. The summed E-state index contributed by atoms with van der Waals surface area (Å²) in [6.45, 7) is 31.1. The van der Waals surface area contributed by atoms with Gasteiger partial charge in [0, 0.05) is 11.8 Å². The van der Waals surface area contributed by atoms with Crippen molar-refractivity contribution in [1.29, 1.82) is 5.26 Å². The van der Waals surface area contributed by atoms with Crippen molar-refractivity contribution in [2.45, 2.75) is 164 Å². The van der Waals surface area contributed by atoms with Crippen LogP contribution in [0.2, 0.25) is 49.6 Å². The Morgan fingerprint density at radius 2 is 1.10 bits per heavy atom. The van der Waals surface area contributed by atoms with Crippen LogP contribution in [0, 0.1) is 11.3 Å². The van der Waals surface area contributed by atoms with Gasteiger partial charge in [-0.15, -0.1) is 0 Å². The molecule has 0 aliphatic rings. The van der Waals surface area contributed by atoms with E-state index in [9.17, 15) is 5.26 Å². The van der Waals surface area contributed by atoms with Gasteiger partial charge in [-0.05, 0) is 35.8 Å². The van der Waals surface area contributed by atoms with E-state index in [2.05, 4.69) is 118 Å².